The number of thioether (sulfide) groups is 1. The van der Waals surface area contributed by atoms with Crippen LogP contribution in [0.5, 0.6) is 0 Å². The number of carboxylic acids is 1. The molecule has 1 N–H and O–H groups in total. The normalized spacial score (nSPS) is 10.9. The van der Waals surface area contributed by atoms with Gasteiger partial charge in [0.1, 0.15) is 6.26 Å². The van der Waals surface area contributed by atoms with E-state index in [1.807, 2.05) is 52.4 Å². The van der Waals surface area contributed by atoms with Gasteiger partial charge in [-0.3, -0.25) is 4.57 Å². The van der Waals surface area contributed by atoms with Crippen molar-refractivity contribution in [1.82, 2.24) is 19.7 Å². The fourth-order valence-electron chi connectivity index (χ4n) is 2.34. The predicted molar refractivity (Wildman–Crippen MR) is 97.7 cm³/mol. The van der Waals surface area contributed by atoms with E-state index in [0.29, 0.717) is 16.8 Å². The number of hydrogen-bond donors (Lipinski definition) is 1. The molecule has 0 saturated carbocycles. The number of para-hydroxylation sites is 1. The number of aromatic carboxylic acids is 1. The van der Waals surface area contributed by atoms with Crippen LogP contribution in [0.15, 0.2) is 63.7 Å². The maximum atomic E-state index is 10.9. The van der Waals surface area contributed by atoms with Crippen LogP contribution < -0.4 is 0 Å². The first-order chi connectivity index (χ1) is 12.7. The van der Waals surface area contributed by atoms with Gasteiger partial charge in [0.25, 0.3) is 0 Å². The fraction of sp³-hybridized carbons (Fsp3) is 0.0588. The Hall–Kier alpha value is -2.91. The van der Waals surface area contributed by atoms with Crippen molar-refractivity contribution in [3.8, 4) is 16.4 Å². The first-order valence-electron chi connectivity index (χ1n) is 7.57. The molecule has 0 aliphatic carbocycles. The summed E-state index contributed by atoms with van der Waals surface area (Å²) in [7, 11) is 0. The van der Waals surface area contributed by atoms with Crippen molar-refractivity contribution in [3.63, 3.8) is 0 Å². The first-order valence-corrected chi connectivity index (χ1v) is 9.44. The van der Waals surface area contributed by atoms with E-state index < -0.39 is 5.97 Å². The Labute approximate surface area is 156 Å². The van der Waals surface area contributed by atoms with E-state index in [2.05, 4.69) is 15.2 Å². The van der Waals surface area contributed by atoms with Gasteiger partial charge in [-0.05, 0) is 23.6 Å². The molecule has 4 aromatic rings. The fourth-order valence-corrected chi connectivity index (χ4v) is 3.84. The minimum absolute atomic E-state index is 0.107. The van der Waals surface area contributed by atoms with E-state index >= 15 is 0 Å². The molecule has 0 fully saturated rings. The average molecular weight is 384 g/mol. The number of carboxylic acid groups (broad SMARTS) is 1. The molecule has 7 nitrogen and oxygen atoms in total. The second kappa shape index (κ2) is 7.14. The molecule has 0 bridgehead atoms. The number of thiophene rings is 1. The highest BCUT2D eigenvalue weighted by molar-refractivity contribution is 7.98. The van der Waals surface area contributed by atoms with E-state index in [1.54, 1.807) is 11.3 Å². The van der Waals surface area contributed by atoms with Crippen LogP contribution in [0.1, 0.15) is 16.4 Å². The number of benzene rings is 1. The third-order valence-corrected chi connectivity index (χ3v) is 5.26. The predicted octanol–water partition coefficient (Wildman–Crippen LogP) is 3.97. The molecule has 3 aromatic heterocycles. The van der Waals surface area contributed by atoms with Gasteiger partial charge in [0.05, 0.1) is 10.6 Å². The van der Waals surface area contributed by atoms with Crippen molar-refractivity contribution in [3.05, 3.63) is 65.7 Å². The van der Waals surface area contributed by atoms with Gasteiger partial charge in [-0.2, -0.15) is 0 Å². The summed E-state index contributed by atoms with van der Waals surface area (Å²) < 4.78 is 7.17. The Morgan fingerprint density at radius 1 is 1.19 bits per heavy atom. The molecule has 130 valence electrons. The van der Waals surface area contributed by atoms with Gasteiger partial charge < -0.3 is 9.52 Å². The van der Waals surface area contributed by atoms with E-state index in [-0.39, 0.29) is 5.69 Å². The Balaban J connectivity index is 1.66. The molecule has 0 radical (unpaired) electrons. The molecule has 0 atom stereocenters. The lowest BCUT2D eigenvalue weighted by Gasteiger charge is -2.08. The highest BCUT2D eigenvalue weighted by Gasteiger charge is 2.18. The monoisotopic (exact) mass is 384 g/mol. The van der Waals surface area contributed by atoms with Crippen molar-refractivity contribution in [1.29, 1.82) is 0 Å². The van der Waals surface area contributed by atoms with Gasteiger partial charge in [-0.25, -0.2) is 9.78 Å². The lowest BCUT2D eigenvalue weighted by Crippen LogP contribution is -1.99. The van der Waals surface area contributed by atoms with Gasteiger partial charge in [-0.1, -0.05) is 36.0 Å². The smallest absolute Gasteiger partial charge is 0.357 e. The van der Waals surface area contributed by atoms with Crippen molar-refractivity contribution < 1.29 is 14.3 Å². The van der Waals surface area contributed by atoms with Crippen LogP contribution >= 0.6 is 23.1 Å². The van der Waals surface area contributed by atoms with Gasteiger partial charge >= 0.3 is 5.97 Å². The molecule has 0 aliphatic heterocycles. The molecule has 4 rings (SSSR count). The largest absolute Gasteiger partial charge is 0.476 e. The van der Waals surface area contributed by atoms with Crippen molar-refractivity contribution in [2.45, 2.75) is 10.9 Å². The van der Waals surface area contributed by atoms with Crippen LogP contribution in [-0.4, -0.2) is 30.8 Å². The third kappa shape index (κ3) is 3.26. The lowest BCUT2D eigenvalue weighted by atomic mass is 10.3. The SMILES string of the molecule is O=C(O)c1coc(CSc2nnc(-c3cccs3)n2-c2ccccc2)n1. The summed E-state index contributed by atoms with van der Waals surface area (Å²) in [5, 5.41) is 20.2. The molecular weight excluding hydrogens is 372 g/mol. The van der Waals surface area contributed by atoms with Crippen molar-refractivity contribution in [2.75, 3.05) is 0 Å². The molecule has 0 saturated heterocycles. The quantitative estimate of drug-likeness (QED) is 0.503. The van der Waals surface area contributed by atoms with Crippen molar-refractivity contribution >= 4 is 29.1 Å². The second-order valence-corrected chi connectivity index (χ2v) is 7.06. The van der Waals surface area contributed by atoms with Crippen LogP contribution in [0, 0.1) is 0 Å². The Bertz CT molecular complexity index is 1030. The molecule has 9 heteroatoms. The average Bonchev–Trinajstić information content (AvgIpc) is 3.39. The van der Waals surface area contributed by atoms with Crippen LogP contribution in [-0.2, 0) is 5.75 Å². The van der Waals surface area contributed by atoms with Gasteiger partial charge in [0, 0.05) is 5.69 Å². The lowest BCUT2D eigenvalue weighted by molar-refractivity contribution is 0.0690. The van der Waals surface area contributed by atoms with E-state index in [1.165, 1.54) is 11.8 Å². The maximum Gasteiger partial charge on any atom is 0.357 e. The van der Waals surface area contributed by atoms with Crippen molar-refractivity contribution in [2.24, 2.45) is 0 Å². The number of aromatic nitrogens is 4. The van der Waals surface area contributed by atoms with Gasteiger partial charge in [-0.15, -0.1) is 21.5 Å². The van der Waals surface area contributed by atoms with E-state index in [4.69, 9.17) is 9.52 Å². The number of oxazole rings is 1. The summed E-state index contributed by atoms with van der Waals surface area (Å²) >= 11 is 2.97. The minimum atomic E-state index is -1.11. The van der Waals surface area contributed by atoms with Gasteiger partial charge in [0.15, 0.2) is 16.7 Å². The second-order valence-electron chi connectivity index (χ2n) is 5.17. The van der Waals surface area contributed by atoms with Crippen LogP contribution in [0.2, 0.25) is 0 Å². The Kier molecular flexibility index (Phi) is 4.55. The van der Waals surface area contributed by atoms with Crippen LogP contribution in [0.4, 0.5) is 0 Å². The zero-order chi connectivity index (χ0) is 17.9. The zero-order valence-corrected chi connectivity index (χ0v) is 14.9. The standard InChI is InChI=1S/C17H12N4O3S2/c22-16(23)12-9-24-14(18-12)10-26-17-20-19-15(13-7-4-8-25-13)21(17)11-5-2-1-3-6-11/h1-9H,10H2,(H,22,23). The Morgan fingerprint density at radius 2 is 2.04 bits per heavy atom. The summed E-state index contributed by atoms with van der Waals surface area (Å²) in [5.41, 5.74) is 0.839. The topological polar surface area (TPSA) is 94.0 Å². The summed E-state index contributed by atoms with van der Waals surface area (Å²) in [6.07, 6.45) is 1.14. The molecule has 3 heterocycles. The molecule has 1 aromatic carbocycles. The van der Waals surface area contributed by atoms with Crippen LogP contribution in [0.25, 0.3) is 16.4 Å². The van der Waals surface area contributed by atoms with Crippen LogP contribution in [0.3, 0.4) is 0 Å². The summed E-state index contributed by atoms with van der Waals surface area (Å²) in [6.45, 7) is 0. The molecule has 0 unspecified atom stereocenters. The Morgan fingerprint density at radius 3 is 2.73 bits per heavy atom. The highest BCUT2D eigenvalue weighted by Crippen LogP contribution is 2.31. The molecule has 0 spiro atoms. The molecule has 0 aliphatic rings. The zero-order valence-electron chi connectivity index (χ0n) is 13.3. The number of rotatable bonds is 6. The first kappa shape index (κ1) is 16.6. The summed E-state index contributed by atoms with van der Waals surface area (Å²) in [6, 6.07) is 13.8. The van der Waals surface area contributed by atoms with E-state index in [9.17, 15) is 4.79 Å². The van der Waals surface area contributed by atoms with E-state index in [0.717, 1.165) is 22.7 Å². The number of nitrogens with zero attached hydrogens (tertiary/aromatic N) is 4. The van der Waals surface area contributed by atoms with Gasteiger partial charge in [0.2, 0.25) is 5.89 Å². The molecule has 0 amide bonds. The third-order valence-electron chi connectivity index (χ3n) is 3.48. The summed E-state index contributed by atoms with van der Waals surface area (Å²) in [5.74, 6) is 0.320. The minimum Gasteiger partial charge on any atom is -0.476 e. The highest BCUT2D eigenvalue weighted by atomic mass is 32.2. The molecular formula is C17H12N4O3S2. The molecule has 26 heavy (non-hydrogen) atoms. The number of carbonyl (C=O) groups is 1. The summed E-state index contributed by atoms with van der Waals surface area (Å²) in [4.78, 5) is 15.9. The maximum absolute atomic E-state index is 10.9. The number of hydrogen-bond acceptors (Lipinski definition) is 7.